The molecule has 7 nitrogen and oxygen atoms in total. The topological polar surface area (TPSA) is 65.8 Å². The number of alkyl halides is 2. The number of rotatable bonds is 8. The third-order valence-corrected chi connectivity index (χ3v) is 4.72. The molecule has 1 amide bonds. The number of carbonyl (C=O) groups is 1. The van der Waals surface area contributed by atoms with Crippen LogP contribution in [0.2, 0.25) is 0 Å². The second kappa shape index (κ2) is 9.46. The van der Waals surface area contributed by atoms with Crippen LogP contribution in [0.3, 0.4) is 0 Å². The maximum atomic E-state index is 13.6. The van der Waals surface area contributed by atoms with Crippen LogP contribution in [0.1, 0.15) is 17.9 Å². The number of benzene rings is 2. The first-order valence-corrected chi connectivity index (χ1v) is 9.36. The van der Waals surface area contributed by atoms with E-state index < -0.39 is 6.55 Å². The Morgan fingerprint density at radius 1 is 1.13 bits per heavy atom. The van der Waals surface area contributed by atoms with E-state index in [0.717, 1.165) is 4.57 Å². The molecule has 1 heterocycles. The minimum atomic E-state index is -2.76. The molecule has 0 saturated carbocycles. The third kappa shape index (κ3) is 4.60. The highest BCUT2D eigenvalue weighted by molar-refractivity contribution is 5.91. The van der Waals surface area contributed by atoms with Gasteiger partial charge in [-0.1, -0.05) is 12.1 Å². The van der Waals surface area contributed by atoms with Crippen molar-refractivity contribution in [3.63, 3.8) is 0 Å². The van der Waals surface area contributed by atoms with Gasteiger partial charge in [0.1, 0.15) is 5.82 Å². The lowest BCUT2D eigenvalue weighted by Crippen LogP contribution is -2.26. The van der Waals surface area contributed by atoms with Gasteiger partial charge in [-0.15, -0.1) is 0 Å². The Bertz CT molecular complexity index is 1090. The van der Waals surface area contributed by atoms with Gasteiger partial charge in [0.2, 0.25) is 11.7 Å². The van der Waals surface area contributed by atoms with E-state index in [1.807, 2.05) is 0 Å². The standard InChI is InChI=1S/C22H23F2N3O4/c1-26(13-19-25-15-7-5-6-8-16(15)27(19)22(23)24)20(28)10-9-14-11-17(29-2)21(31-4)18(12-14)30-3/h5-12,22H,13H2,1-4H3. The average Bonchev–Trinajstić information content (AvgIpc) is 3.14. The van der Waals surface area contributed by atoms with Gasteiger partial charge in [0.15, 0.2) is 11.5 Å². The number of fused-ring (bicyclic) bond motifs is 1. The van der Waals surface area contributed by atoms with Crippen LogP contribution in [0.5, 0.6) is 17.2 Å². The normalized spacial score (nSPS) is 11.3. The lowest BCUT2D eigenvalue weighted by molar-refractivity contribution is -0.125. The Labute approximate surface area is 178 Å². The van der Waals surface area contributed by atoms with E-state index in [0.29, 0.717) is 33.8 Å². The molecule has 0 aliphatic carbocycles. The van der Waals surface area contributed by atoms with Crippen LogP contribution < -0.4 is 14.2 Å². The van der Waals surface area contributed by atoms with Crippen LogP contribution >= 0.6 is 0 Å². The molecule has 9 heteroatoms. The second-order valence-corrected chi connectivity index (χ2v) is 6.65. The zero-order chi connectivity index (χ0) is 22.5. The molecule has 0 fully saturated rings. The zero-order valence-electron chi connectivity index (χ0n) is 17.6. The van der Waals surface area contributed by atoms with Gasteiger partial charge in [-0.05, 0) is 35.9 Å². The minimum Gasteiger partial charge on any atom is -0.493 e. The van der Waals surface area contributed by atoms with E-state index in [-0.39, 0.29) is 18.3 Å². The van der Waals surface area contributed by atoms with Gasteiger partial charge < -0.3 is 19.1 Å². The Kier molecular flexibility index (Phi) is 6.74. The van der Waals surface area contributed by atoms with Gasteiger partial charge in [-0.2, -0.15) is 8.78 Å². The van der Waals surface area contributed by atoms with E-state index in [1.54, 1.807) is 42.5 Å². The van der Waals surface area contributed by atoms with Crippen LogP contribution in [-0.4, -0.2) is 48.7 Å². The van der Waals surface area contributed by atoms with Gasteiger partial charge in [-0.25, -0.2) is 4.98 Å². The van der Waals surface area contributed by atoms with Crippen molar-refractivity contribution in [3.8, 4) is 17.2 Å². The number of hydrogen-bond donors (Lipinski definition) is 0. The number of aromatic nitrogens is 2. The largest absolute Gasteiger partial charge is 0.493 e. The molecule has 0 spiro atoms. The number of methoxy groups -OCH3 is 3. The Hall–Kier alpha value is -3.62. The summed E-state index contributed by atoms with van der Waals surface area (Å²) in [6.07, 6.45) is 2.93. The predicted octanol–water partition coefficient (Wildman–Crippen LogP) is 4.13. The number of carbonyl (C=O) groups excluding carboxylic acids is 1. The summed E-state index contributed by atoms with van der Waals surface area (Å²) in [5.74, 6) is 1.08. The summed E-state index contributed by atoms with van der Waals surface area (Å²) >= 11 is 0. The van der Waals surface area contributed by atoms with Crippen LogP contribution in [0.15, 0.2) is 42.5 Å². The molecule has 0 aliphatic rings. The minimum absolute atomic E-state index is 0.0720. The first-order chi connectivity index (χ1) is 14.9. The Morgan fingerprint density at radius 3 is 2.35 bits per heavy atom. The fraction of sp³-hybridized carbons (Fsp3) is 0.273. The summed E-state index contributed by atoms with van der Waals surface area (Å²) in [6.45, 7) is -2.84. The molecule has 3 aromatic rings. The molecule has 0 saturated heterocycles. The third-order valence-electron chi connectivity index (χ3n) is 4.72. The number of para-hydroxylation sites is 2. The summed E-state index contributed by atoms with van der Waals surface area (Å²) < 4.78 is 43.9. The molecule has 0 unspecified atom stereocenters. The first kappa shape index (κ1) is 22.1. The smallest absolute Gasteiger partial charge is 0.320 e. The average molecular weight is 431 g/mol. The number of halogens is 2. The Morgan fingerprint density at radius 2 is 1.77 bits per heavy atom. The molecule has 31 heavy (non-hydrogen) atoms. The number of amides is 1. The van der Waals surface area contributed by atoms with Crippen molar-refractivity contribution < 1.29 is 27.8 Å². The molecule has 164 valence electrons. The lowest BCUT2D eigenvalue weighted by atomic mass is 10.1. The number of nitrogens with zero attached hydrogens (tertiary/aromatic N) is 3. The summed E-state index contributed by atoms with van der Waals surface area (Å²) in [5.41, 5.74) is 1.42. The SMILES string of the molecule is COc1cc(C=CC(=O)N(C)Cc2nc3ccccc3n2C(F)F)cc(OC)c1OC. The molecule has 0 aliphatic heterocycles. The number of ether oxygens (including phenoxy) is 3. The molecule has 1 aromatic heterocycles. The summed E-state index contributed by atoms with van der Waals surface area (Å²) in [7, 11) is 6.02. The van der Waals surface area contributed by atoms with Gasteiger partial charge in [0.05, 0.1) is 38.9 Å². The molecule has 0 bridgehead atoms. The van der Waals surface area contributed by atoms with Crippen molar-refractivity contribution in [2.45, 2.75) is 13.1 Å². The van der Waals surface area contributed by atoms with Crippen molar-refractivity contribution in [1.82, 2.24) is 14.5 Å². The highest BCUT2D eigenvalue weighted by Gasteiger charge is 2.19. The number of imidazole rings is 1. The second-order valence-electron chi connectivity index (χ2n) is 6.65. The number of likely N-dealkylation sites (N-methyl/N-ethyl adjacent to an activating group) is 1. The zero-order valence-corrected chi connectivity index (χ0v) is 17.6. The maximum absolute atomic E-state index is 13.6. The first-order valence-electron chi connectivity index (χ1n) is 9.36. The summed E-state index contributed by atoms with van der Waals surface area (Å²) in [4.78, 5) is 18.1. The molecule has 0 N–H and O–H groups in total. The highest BCUT2D eigenvalue weighted by atomic mass is 19.3. The fourth-order valence-corrected chi connectivity index (χ4v) is 3.21. The van der Waals surface area contributed by atoms with Crippen molar-refractivity contribution in [2.75, 3.05) is 28.4 Å². The van der Waals surface area contributed by atoms with Crippen molar-refractivity contribution >= 4 is 23.0 Å². The van der Waals surface area contributed by atoms with Gasteiger partial charge in [-0.3, -0.25) is 9.36 Å². The van der Waals surface area contributed by atoms with E-state index in [4.69, 9.17) is 14.2 Å². The molecular weight excluding hydrogens is 408 g/mol. The van der Waals surface area contributed by atoms with Crippen LogP contribution in [0, 0.1) is 0 Å². The van der Waals surface area contributed by atoms with Crippen LogP contribution in [0.4, 0.5) is 8.78 Å². The predicted molar refractivity (Wildman–Crippen MR) is 113 cm³/mol. The molecule has 0 atom stereocenters. The molecular formula is C22H23F2N3O4. The molecule has 2 aromatic carbocycles. The maximum Gasteiger partial charge on any atom is 0.320 e. The summed E-state index contributed by atoms with van der Waals surface area (Å²) in [6, 6.07) is 10.0. The number of hydrogen-bond acceptors (Lipinski definition) is 5. The lowest BCUT2D eigenvalue weighted by Gasteiger charge is -2.16. The van der Waals surface area contributed by atoms with Crippen LogP contribution in [-0.2, 0) is 11.3 Å². The molecule has 0 radical (unpaired) electrons. The van der Waals surface area contributed by atoms with Crippen molar-refractivity contribution in [1.29, 1.82) is 0 Å². The Balaban J connectivity index is 1.81. The van der Waals surface area contributed by atoms with E-state index in [2.05, 4.69) is 4.98 Å². The monoisotopic (exact) mass is 431 g/mol. The van der Waals surface area contributed by atoms with E-state index >= 15 is 0 Å². The van der Waals surface area contributed by atoms with Gasteiger partial charge in [0.25, 0.3) is 0 Å². The summed E-state index contributed by atoms with van der Waals surface area (Å²) in [5, 5.41) is 0. The van der Waals surface area contributed by atoms with Crippen LogP contribution in [0.25, 0.3) is 17.1 Å². The van der Waals surface area contributed by atoms with Crippen molar-refractivity contribution in [3.05, 3.63) is 53.9 Å². The molecule has 3 rings (SSSR count). The van der Waals surface area contributed by atoms with Gasteiger partial charge in [0, 0.05) is 13.1 Å². The fourth-order valence-electron chi connectivity index (χ4n) is 3.21. The van der Waals surface area contributed by atoms with E-state index in [1.165, 1.54) is 39.4 Å². The van der Waals surface area contributed by atoms with Crippen molar-refractivity contribution in [2.24, 2.45) is 0 Å². The van der Waals surface area contributed by atoms with Gasteiger partial charge >= 0.3 is 6.55 Å². The van der Waals surface area contributed by atoms with E-state index in [9.17, 15) is 13.6 Å². The highest BCUT2D eigenvalue weighted by Crippen LogP contribution is 2.38. The quantitative estimate of drug-likeness (QED) is 0.502.